The van der Waals surface area contributed by atoms with E-state index in [1.807, 2.05) is 24.0 Å². The number of benzene rings is 1. The predicted octanol–water partition coefficient (Wildman–Crippen LogP) is 4.04. The lowest BCUT2D eigenvalue weighted by Gasteiger charge is -2.34. The molecule has 1 saturated heterocycles. The van der Waals surface area contributed by atoms with Gasteiger partial charge in [0.05, 0.1) is 11.7 Å². The Morgan fingerprint density at radius 1 is 1.18 bits per heavy atom. The number of hydrogen-bond donors (Lipinski definition) is 0. The van der Waals surface area contributed by atoms with Gasteiger partial charge in [-0.15, -0.1) is 11.3 Å². The summed E-state index contributed by atoms with van der Waals surface area (Å²) in [6.07, 6.45) is 7.73. The summed E-state index contributed by atoms with van der Waals surface area (Å²) in [5.41, 5.74) is 3.33. The number of nitrogens with zero attached hydrogens (tertiary/aromatic N) is 4. The Morgan fingerprint density at radius 2 is 2.07 bits per heavy atom. The van der Waals surface area contributed by atoms with Crippen molar-refractivity contribution in [1.82, 2.24) is 19.7 Å². The lowest BCUT2D eigenvalue weighted by atomic mass is 10.0. The first kappa shape index (κ1) is 17.7. The molecule has 0 bridgehead atoms. The molecule has 6 nitrogen and oxygen atoms in total. The number of aryl methyl sites for hydroxylation is 1. The fourth-order valence-corrected chi connectivity index (χ4v) is 4.97. The molecule has 1 fully saturated rings. The van der Waals surface area contributed by atoms with Crippen molar-refractivity contribution in [2.75, 3.05) is 19.8 Å². The smallest absolute Gasteiger partial charge is 0.162 e. The molecule has 2 aromatic heterocycles. The number of hydrogen-bond acceptors (Lipinski definition) is 6. The van der Waals surface area contributed by atoms with E-state index in [0.717, 1.165) is 35.8 Å². The molecule has 0 saturated carbocycles. The maximum absolute atomic E-state index is 5.77. The van der Waals surface area contributed by atoms with Crippen LogP contribution in [0.3, 0.4) is 0 Å². The molecule has 0 amide bonds. The van der Waals surface area contributed by atoms with E-state index in [0.29, 0.717) is 19.3 Å². The summed E-state index contributed by atoms with van der Waals surface area (Å²) in [7, 11) is 1.99. The molecule has 7 heteroatoms. The zero-order valence-corrected chi connectivity index (χ0v) is 16.8. The summed E-state index contributed by atoms with van der Waals surface area (Å²) in [4.78, 5) is 7.15. The van der Waals surface area contributed by atoms with Crippen LogP contribution in [-0.4, -0.2) is 39.4 Å². The third-order valence-corrected chi connectivity index (χ3v) is 6.32. The van der Waals surface area contributed by atoms with Gasteiger partial charge in [-0.2, -0.15) is 5.10 Å². The van der Waals surface area contributed by atoms with E-state index in [-0.39, 0.29) is 0 Å². The first-order chi connectivity index (χ1) is 13.8. The van der Waals surface area contributed by atoms with E-state index in [1.165, 1.54) is 29.8 Å². The van der Waals surface area contributed by atoms with Gasteiger partial charge in [-0.1, -0.05) is 6.42 Å². The van der Waals surface area contributed by atoms with Crippen LogP contribution in [0.2, 0.25) is 0 Å². The molecule has 1 aromatic carbocycles. The van der Waals surface area contributed by atoms with E-state index in [2.05, 4.69) is 33.6 Å². The van der Waals surface area contributed by atoms with Gasteiger partial charge in [-0.3, -0.25) is 9.58 Å². The zero-order valence-electron chi connectivity index (χ0n) is 16.0. The van der Waals surface area contributed by atoms with Gasteiger partial charge in [0.25, 0.3) is 0 Å². The van der Waals surface area contributed by atoms with Gasteiger partial charge in [0.2, 0.25) is 0 Å². The molecule has 0 spiro atoms. The van der Waals surface area contributed by atoms with Gasteiger partial charge < -0.3 is 9.47 Å². The summed E-state index contributed by atoms with van der Waals surface area (Å²) in [6.45, 7) is 3.17. The van der Waals surface area contributed by atoms with Crippen LogP contribution in [0.1, 0.15) is 35.9 Å². The van der Waals surface area contributed by atoms with Gasteiger partial charge in [0, 0.05) is 42.5 Å². The molecule has 0 N–H and O–H groups in total. The van der Waals surface area contributed by atoms with Crippen molar-refractivity contribution in [2.24, 2.45) is 7.05 Å². The number of aromatic nitrogens is 3. The minimum atomic E-state index is 0.405. The van der Waals surface area contributed by atoms with Gasteiger partial charge in [-0.25, -0.2) is 4.98 Å². The number of thiazole rings is 1. The van der Waals surface area contributed by atoms with Crippen LogP contribution in [0.15, 0.2) is 36.0 Å². The maximum Gasteiger partial charge on any atom is 0.162 e. The highest BCUT2D eigenvalue weighted by molar-refractivity contribution is 7.09. The Labute approximate surface area is 168 Å². The van der Waals surface area contributed by atoms with Crippen LogP contribution in [-0.2, 0) is 13.6 Å². The van der Waals surface area contributed by atoms with Crippen LogP contribution >= 0.6 is 11.3 Å². The Balaban J connectivity index is 1.45. The van der Waals surface area contributed by atoms with E-state index in [1.54, 1.807) is 11.3 Å². The van der Waals surface area contributed by atoms with Gasteiger partial charge in [0.1, 0.15) is 18.2 Å². The second-order valence-corrected chi connectivity index (χ2v) is 8.31. The highest BCUT2D eigenvalue weighted by Crippen LogP contribution is 2.37. The summed E-state index contributed by atoms with van der Waals surface area (Å²) >= 11 is 1.76. The second-order valence-electron chi connectivity index (χ2n) is 7.39. The SMILES string of the molecule is Cn1cc(CN2CCCC[C@@H]2c2nccs2)c(-c2ccc3c(c2)OCCO3)n1. The van der Waals surface area contributed by atoms with Crippen LogP contribution < -0.4 is 9.47 Å². The Kier molecular flexibility index (Phi) is 4.78. The molecule has 1 atom stereocenters. The fraction of sp³-hybridized carbons (Fsp3) is 0.429. The van der Waals surface area contributed by atoms with E-state index >= 15 is 0 Å². The standard InChI is InChI=1S/C21H24N4O2S/c1-24-13-16(14-25-8-3-2-4-17(25)21-22-7-11-28-21)20(23-24)15-5-6-18-19(12-15)27-10-9-26-18/h5-7,11-13,17H,2-4,8-10,14H2,1H3/t17-/m1/s1. The molecule has 2 aliphatic heterocycles. The summed E-state index contributed by atoms with van der Waals surface area (Å²) < 4.78 is 13.3. The van der Waals surface area contributed by atoms with Crippen molar-refractivity contribution >= 4 is 11.3 Å². The molecular weight excluding hydrogens is 372 g/mol. The molecule has 3 aromatic rings. The van der Waals surface area contributed by atoms with Crippen molar-refractivity contribution < 1.29 is 9.47 Å². The van der Waals surface area contributed by atoms with Crippen molar-refractivity contribution in [3.63, 3.8) is 0 Å². The molecule has 4 heterocycles. The molecule has 0 radical (unpaired) electrons. The molecular formula is C21H24N4O2S. The van der Waals surface area contributed by atoms with Crippen molar-refractivity contribution in [3.8, 4) is 22.8 Å². The molecule has 5 rings (SSSR count). The van der Waals surface area contributed by atoms with E-state index < -0.39 is 0 Å². The van der Waals surface area contributed by atoms with Crippen molar-refractivity contribution in [2.45, 2.75) is 31.8 Å². The summed E-state index contributed by atoms with van der Waals surface area (Å²) in [5, 5.41) is 8.07. The van der Waals surface area contributed by atoms with Crippen LogP contribution in [0, 0.1) is 0 Å². The number of fused-ring (bicyclic) bond motifs is 1. The number of piperidine rings is 1. The first-order valence-electron chi connectivity index (χ1n) is 9.84. The minimum Gasteiger partial charge on any atom is -0.486 e. The van der Waals surface area contributed by atoms with Gasteiger partial charge in [-0.05, 0) is 37.6 Å². The average Bonchev–Trinajstić information content (AvgIpc) is 3.38. The lowest BCUT2D eigenvalue weighted by molar-refractivity contribution is 0.140. The quantitative estimate of drug-likeness (QED) is 0.666. The minimum absolute atomic E-state index is 0.405. The fourth-order valence-electron chi connectivity index (χ4n) is 4.16. The van der Waals surface area contributed by atoms with Crippen molar-refractivity contribution in [1.29, 1.82) is 0 Å². The van der Waals surface area contributed by atoms with Crippen LogP contribution in [0.25, 0.3) is 11.3 Å². The zero-order chi connectivity index (χ0) is 18.9. The lowest BCUT2D eigenvalue weighted by Crippen LogP contribution is -2.32. The Hall–Kier alpha value is -2.38. The van der Waals surface area contributed by atoms with Gasteiger partial charge in [0.15, 0.2) is 11.5 Å². The molecule has 0 aliphatic carbocycles. The van der Waals surface area contributed by atoms with Crippen LogP contribution in [0.5, 0.6) is 11.5 Å². The third-order valence-electron chi connectivity index (χ3n) is 5.44. The Bertz CT molecular complexity index is 953. The second kappa shape index (κ2) is 7.56. The molecule has 0 unspecified atom stereocenters. The summed E-state index contributed by atoms with van der Waals surface area (Å²) in [5.74, 6) is 1.62. The van der Waals surface area contributed by atoms with E-state index in [9.17, 15) is 0 Å². The molecule has 2 aliphatic rings. The largest absolute Gasteiger partial charge is 0.486 e. The monoisotopic (exact) mass is 396 g/mol. The molecule has 28 heavy (non-hydrogen) atoms. The first-order valence-corrected chi connectivity index (χ1v) is 10.7. The third kappa shape index (κ3) is 3.40. The topological polar surface area (TPSA) is 52.4 Å². The number of rotatable bonds is 4. The van der Waals surface area contributed by atoms with E-state index in [4.69, 9.17) is 14.6 Å². The molecule has 146 valence electrons. The summed E-state index contributed by atoms with van der Waals surface area (Å²) in [6, 6.07) is 6.52. The maximum atomic E-state index is 5.77. The van der Waals surface area contributed by atoms with Gasteiger partial charge >= 0.3 is 0 Å². The number of ether oxygens (including phenoxy) is 2. The highest BCUT2D eigenvalue weighted by atomic mass is 32.1. The Morgan fingerprint density at radius 3 is 2.93 bits per heavy atom. The number of likely N-dealkylation sites (tertiary alicyclic amines) is 1. The predicted molar refractivity (Wildman–Crippen MR) is 109 cm³/mol. The average molecular weight is 397 g/mol. The normalized spacial score (nSPS) is 19.7. The van der Waals surface area contributed by atoms with Crippen LogP contribution in [0.4, 0.5) is 0 Å². The van der Waals surface area contributed by atoms with Crippen molar-refractivity contribution in [3.05, 3.63) is 46.5 Å². The highest BCUT2D eigenvalue weighted by Gasteiger charge is 2.27.